The fourth-order valence-corrected chi connectivity index (χ4v) is 3.53. The van der Waals surface area contributed by atoms with E-state index < -0.39 is 0 Å². The summed E-state index contributed by atoms with van der Waals surface area (Å²) in [5.41, 5.74) is 2.87. The van der Waals surface area contributed by atoms with Crippen molar-refractivity contribution in [3.8, 4) is 0 Å². The molecule has 1 unspecified atom stereocenters. The van der Waals surface area contributed by atoms with Gasteiger partial charge < -0.3 is 15.1 Å². The molecule has 2 heterocycles. The molecule has 0 aromatic carbocycles. The van der Waals surface area contributed by atoms with Gasteiger partial charge in [0, 0.05) is 30.4 Å². The minimum Gasteiger partial charge on any atom is -0.465 e. The van der Waals surface area contributed by atoms with Crippen molar-refractivity contribution in [2.24, 2.45) is 7.05 Å². The first-order valence-corrected chi connectivity index (χ1v) is 8.74. The van der Waals surface area contributed by atoms with Gasteiger partial charge in [0.2, 0.25) is 0 Å². The molecule has 1 amide bonds. The smallest absolute Gasteiger partial charge is 0.272 e. The molecule has 1 atom stereocenters. The molecule has 2 aromatic rings. The number of hydrogen-bond acceptors (Lipinski definition) is 4. The lowest BCUT2D eigenvalue weighted by Crippen LogP contribution is -2.36. The molecule has 128 valence electrons. The van der Waals surface area contributed by atoms with E-state index in [1.165, 1.54) is 18.5 Å². The second kappa shape index (κ2) is 6.09. The van der Waals surface area contributed by atoms with Gasteiger partial charge in [-0.3, -0.25) is 9.48 Å². The second-order valence-electron chi connectivity index (χ2n) is 6.97. The first-order chi connectivity index (χ1) is 11.6. The largest absolute Gasteiger partial charge is 0.465 e. The third kappa shape index (κ3) is 3.11. The summed E-state index contributed by atoms with van der Waals surface area (Å²) < 4.78 is 7.37. The summed E-state index contributed by atoms with van der Waals surface area (Å²) >= 11 is 0. The number of fused-ring (bicyclic) bond motifs is 1. The molecule has 0 saturated heterocycles. The van der Waals surface area contributed by atoms with Gasteiger partial charge in [0.15, 0.2) is 5.69 Å². The summed E-state index contributed by atoms with van der Waals surface area (Å²) in [6, 6.07) is 4.94. The van der Waals surface area contributed by atoms with Crippen LogP contribution in [0, 0.1) is 6.92 Å². The highest BCUT2D eigenvalue weighted by atomic mass is 16.3. The minimum absolute atomic E-state index is 0.118. The number of carbonyl (C=O) groups excluding carboxylic acids is 1. The molecule has 2 aliphatic rings. The van der Waals surface area contributed by atoms with Gasteiger partial charge in [-0.2, -0.15) is 5.10 Å². The SMILES string of the molecule is Cc1ccc(CNC(=O)c2nn(C)c3c2CC(NC2CC2)CC3)o1. The van der Waals surface area contributed by atoms with Crippen molar-refractivity contribution in [3.05, 3.63) is 40.6 Å². The maximum atomic E-state index is 12.6. The van der Waals surface area contributed by atoms with Crippen molar-refractivity contribution < 1.29 is 9.21 Å². The summed E-state index contributed by atoms with van der Waals surface area (Å²) in [4.78, 5) is 12.6. The molecule has 6 heteroatoms. The number of aryl methyl sites for hydroxylation is 2. The lowest BCUT2D eigenvalue weighted by molar-refractivity contribution is 0.0941. The maximum absolute atomic E-state index is 12.6. The van der Waals surface area contributed by atoms with Crippen LogP contribution in [-0.2, 0) is 26.4 Å². The molecule has 0 radical (unpaired) electrons. The van der Waals surface area contributed by atoms with E-state index in [9.17, 15) is 4.79 Å². The van der Waals surface area contributed by atoms with Crippen LogP contribution in [0.3, 0.4) is 0 Å². The predicted octanol–water partition coefficient (Wildman–Crippen LogP) is 1.86. The first-order valence-electron chi connectivity index (χ1n) is 8.74. The Balaban J connectivity index is 1.47. The number of nitrogens with one attached hydrogen (secondary N) is 2. The Morgan fingerprint density at radius 2 is 2.17 bits per heavy atom. The molecule has 1 saturated carbocycles. The Kier molecular flexibility index (Phi) is 3.92. The summed E-state index contributed by atoms with van der Waals surface area (Å²) in [5, 5.41) is 11.1. The fourth-order valence-electron chi connectivity index (χ4n) is 3.53. The van der Waals surface area contributed by atoms with E-state index >= 15 is 0 Å². The van der Waals surface area contributed by atoms with E-state index in [2.05, 4.69) is 15.7 Å². The van der Waals surface area contributed by atoms with Crippen LogP contribution in [0.25, 0.3) is 0 Å². The van der Waals surface area contributed by atoms with Crippen LogP contribution in [0.5, 0.6) is 0 Å². The molecule has 24 heavy (non-hydrogen) atoms. The number of aromatic nitrogens is 2. The van der Waals surface area contributed by atoms with E-state index in [4.69, 9.17) is 4.42 Å². The van der Waals surface area contributed by atoms with E-state index in [0.29, 0.717) is 24.3 Å². The Labute approximate surface area is 141 Å². The van der Waals surface area contributed by atoms with Gasteiger partial charge in [-0.1, -0.05) is 0 Å². The number of hydrogen-bond donors (Lipinski definition) is 2. The monoisotopic (exact) mass is 328 g/mol. The van der Waals surface area contributed by atoms with Crippen LogP contribution in [0.2, 0.25) is 0 Å². The van der Waals surface area contributed by atoms with Crippen LogP contribution < -0.4 is 10.6 Å². The number of carbonyl (C=O) groups is 1. The zero-order valence-corrected chi connectivity index (χ0v) is 14.3. The van der Waals surface area contributed by atoms with Crippen LogP contribution in [0.4, 0.5) is 0 Å². The molecule has 0 spiro atoms. The van der Waals surface area contributed by atoms with Crippen molar-refractivity contribution in [1.29, 1.82) is 0 Å². The number of nitrogens with zero attached hydrogens (tertiary/aromatic N) is 2. The highest BCUT2D eigenvalue weighted by Crippen LogP contribution is 2.27. The second-order valence-corrected chi connectivity index (χ2v) is 6.97. The Hall–Kier alpha value is -2.08. The molecule has 2 aliphatic carbocycles. The molecule has 2 aromatic heterocycles. The Morgan fingerprint density at radius 1 is 1.33 bits per heavy atom. The van der Waals surface area contributed by atoms with Crippen LogP contribution in [0.15, 0.2) is 16.5 Å². The van der Waals surface area contributed by atoms with Gasteiger partial charge in [0.1, 0.15) is 11.5 Å². The van der Waals surface area contributed by atoms with Crippen molar-refractivity contribution in [1.82, 2.24) is 20.4 Å². The average molecular weight is 328 g/mol. The normalized spacial score (nSPS) is 20.0. The third-order valence-electron chi connectivity index (χ3n) is 4.94. The number of rotatable bonds is 5. The fraction of sp³-hybridized carbons (Fsp3) is 0.556. The van der Waals surface area contributed by atoms with Crippen molar-refractivity contribution in [2.75, 3.05) is 0 Å². The van der Waals surface area contributed by atoms with E-state index in [0.717, 1.165) is 36.3 Å². The lowest BCUT2D eigenvalue weighted by atomic mass is 9.91. The summed E-state index contributed by atoms with van der Waals surface area (Å²) in [6.07, 6.45) is 5.56. The Morgan fingerprint density at radius 3 is 2.88 bits per heavy atom. The molecule has 2 N–H and O–H groups in total. The first kappa shape index (κ1) is 15.4. The standard InChI is InChI=1S/C18H24N4O2/c1-11-3-7-14(24-11)10-19-18(23)17-15-9-13(20-12-4-5-12)6-8-16(15)22(2)21-17/h3,7,12-13,20H,4-6,8-10H2,1-2H3,(H,19,23). The average Bonchev–Trinajstić information content (AvgIpc) is 3.18. The van der Waals surface area contributed by atoms with E-state index in [1.807, 2.05) is 30.8 Å². The molecule has 0 bridgehead atoms. The lowest BCUT2D eigenvalue weighted by Gasteiger charge is -2.24. The third-order valence-corrected chi connectivity index (χ3v) is 4.94. The molecule has 4 rings (SSSR count). The van der Waals surface area contributed by atoms with Crippen molar-refractivity contribution >= 4 is 5.91 Å². The summed E-state index contributed by atoms with van der Waals surface area (Å²) in [5.74, 6) is 1.50. The predicted molar refractivity (Wildman–Crippen MR) is 89.8 cm³/mol. The molecular weight excluding hydrogens is 304 g/mol. The number of amides is 1. The highest BCUT2D eigenvalue weighted by molar-refractivity contribution is 5.94. The van der Waals surface area contributed by atoms with Gasteiger partial charge in [-0.05, 0) is 51.2 Å². The maximum Gasteiger partial charge on any atom is 0.272 e. The summed E-state index contributed by atoms with van der Waals surface area (Å²) in [6.45, 7) is 2.29. The molecule has 0 aliphatic heterocycles. The zero-order chi connectivity index (χ0) is 16.7. The molecule has 6 nitrogen and oxygen atoms in total. The van der Waals surface area contributed by atoms with Crippen LogP contribution >= 0.6 is 0 Å². The minimum atomic E-state index is -0.118. The van der Waals surface area contributed by atoms with Crippen molar-refractivity contribution in [3.63, 3.8) is 0 Å². The van der Waals surface area contributed by atoms with Crippen LogP contribution in [0.1, 0.15) is 52.5 Å². The van der Waals surface area contributed by atoms with Gasteiger partial charge in [0.05, 0.1) is 6.54 Å². The van der Waals surface area contributed by atoms with Gasteiger partial charge in [-0.25, -0.2) is 0 Å². The quantitative estimate of drug-likeness (QED) is 0.879. The van der Waals surface area contributed by atoms with Crippen molar-refractivity contribution in [2.45, 2.75) is 57.7 Å². The summed E-state index contributed by atoms with van der Waals surface area (Å²) in [7, 11) is 1.93. The van der Waals surface area contributed by atoms with Gasteiger partial charge in [0.25, 0.3) is 5.91 Å². The molecular formula is C18H24N4O2. The number of furan rings is 1. The Bertz CT molecular complexity index is 757. The zero-order valence-electron chi connectivity index (χ0n) is 14.3. The van der Waals surface area contributed by atoms with Crippen LogP contribution in [-0.4, -0.2) is 27.8 Å². The van der Waals surface area contributed by atoms with E-state index in [1.54, 1.807) is 0 Å². The van der Waals surface area contributed by atoms with Gasteiger partial charge >= 0.3 is 0 Å². The topological polar surface area (TPSA) is 72.1 Å². The molecule has 1 fully saturated rings. The highest BCUT2D eigenvalue weighted by Gasteiger charge is 2.31. The van der Waals surface area contributed by atoms with Gasteiger partial charge in [-0.15, -0.1) is 0 Å². The van der Waals surface area contributed by atoms with E-state index in [-0.39, 0.29) is 5.91 Å².